The average molecular weight is 478 g/mol. The van der Waals surface area contributed by atoms with Gasteiger partial charge in [-0.3, -0.25) is 9.59 Å². The van der Waals surface area contributed by atoms with Crippen LogP contribution in [0.3, 0.4) is 0 Å². The number of hydrogen-bond acceptors (Lipinski definition) is 6. The number of hydrogen-bond donors (Lipinski definition) is 2. The lowest BCUT2D eigenvalue weighted by Gasteiger charge is -2.12. The van der Waals surface area contributed by atoms with Crippen molar-refractivity contribution >= 4 is 39.1 Å². The molecule has 2 N–H and O–H groups in total. The Hall–Kier alpha value is -3.07. The number of anilines is 1. The molecule has 0 radical (unpaired) electrons. The number of halogens is 1. The van der Waals surface area contributed by atoms with E-state index in [4.69, 9.17) is 14.2 Å². The van der Waals surface area contributed by atoms with Crippen LogP contribution in [0.1, 0.15) is 18.9 Å². The smallest absolute Gasteiger partial charge is 0.277 e. The fourth-order valence-electron chi connectivity index (χ4n) is 2.49. The molecule has 9 heteroatoms. The van der Waals surface area contributed by atoms with E-state index in [1.54, 1.807) is 31.2 Å². The van der Waals surface area contributed by atoms with E-state index < -0.39 is 5.91 Å². The number of nitrogens with one attached hydrogen (secondary N) is 2. The van der Waals surface area contributed by atoms with Crippen molar-refractivity contribution in [2.45, 2.75) is 20.3 Å². The predicted molar refractivity (Wildman–Crippen MR) is 118 cm³/mol. The van der Waals surface area contributed by atoms with Gasteiger partial charge in [-0.05, 0) is 49.7 Å². The normalized spacial score (nSPS) is 10.9. The monoisotopic (exact) mass is 477 g/mol. The summed E-state index contributed by atoms with van der Waals surface area (Å²) in [6.07, 6.45) is -0.00663. The molecule has 0 heterocycles. The minimum atomic E-state index is -0.424. The molecule has 0 aliphatic carbocycles. The third-order valence-corrected chi connectivity index (χ3v) is 4.46. The fourth-order valence-corrected chi connectivity index (χ4v) is 2.96. The van der Waals surface area contributed by atoms with Crippen molar-refractivity contribution in [3.8, 4) is 17.2 Å². The van der Waals surface area contributed by atoms with Crippen LogP contribution in [0.4, 0.5) is 5.69 Å². The molecule has 2 amide bonds. The number of amides is 2. The molecule has 0 bridgehead atoms. The molecule has 0 aliphatic heterocycles. The third-order valence-electron chi connectivity index (χ3n) is 3.96. The second-order valence-electron chi connectivity index (χ2n) is 6.37. The van der Waals surface area contributed by atoms with Gasteiger partial charge < -0.3 is 19.5 Å². The van der Waals surface area contributed by atoms with Gasteiger partial charge in [-0.1, -0.05) is 15.9 Å². The molecule has 160 valence electrons. The minimum Gasteiger partial charge on any atom is -0.497 e. The largest absolute Gasteiger partial charge is 0.497 e. The van der Waals surface area contributed by atoms with Crippen molar-refractivity contribution in [1.29, 1.82) is 0 Å². The van der Waals surface area contributed by atoms with Crippen LogP contribution in [0.2, 0.25) is 0 Å². The quantitative estimate of drug-likeness (QED) is 0.424. The molecular weight excluding hydrogens is 454 g/mol. The van der Waals surface area contributed by atoms with E-state index in [9.17, 15) is 9.59 Å². The van der Waals surface area contributed by atoms with Crippen LogP contribution in [0, 0.1) is 6.92 Å². The lowest BCUT2D eigenvalue weighted by molar-refractivity contribution is -0.123. The first-order valence-electron chi connectivity index (χ1n) is 9.05. The number of carbonyl (C=O) groups is 2. The Morgan fingerprint density at radius 2 is 1.77 bits per heavy atom. The molecule has 0 spiro atoms. The summed E-state index contributed by atoms with van der Waals surface area (Å²) in [5, 5.41) is 6.69. The van der Waals surface area contributed by atoms with Crippen LogP contribution in [0.25, 0.3) is 0 Å². The summed E-state index contributed by atoms with van der Waals surface area (Å²) in [6.45, 7) is 3.34. The highest BCUT2D eigenvalue weighted by atomic mass is 79.9. The number of carbonyl (C=O) groups excluding carboxylic acids is 2. The molecule has 0 saturated carbocycles. The van der Waals surface area contributed by atoms with Crippen molar-refractivity contribution in [1.82, 2.24) is 5.43 Å². The number of rotatable bonds is 9. The fraction of sp³-hybridized carbons (Fsp3) is 0.286. The molecular formula is C21H24BrN3O5. The third kappa shape index (κ3) is 7.07. The Morgan fingerprint density at radius 3 is 2.43 bits per heavy atom. The molecule has 0 atom stereocenters. The summed E-state index contributed by atoms with van der Waals surface area (Å²) in [7, 11) is 3.05. The van der Waals surface area contributed by atoms with Crippen molar-refractivity contribution in [3.05, 3.63) is 46.4 Å². The van der Waals surface area contributed by atoms with Crippen molar-refractivity contribution in [3.63, 3.8) is 0 Å². The van der Waals surface area contributed by atoms with Crippen LogP contribution in [0.5, 0.6) is 17.2 Å². The molecule has 2 rings (SSSR count). The van der Waals surface area contributed by atoms with Crippen molar-refractivity contribution in [2.24, 2.45) is 5.10 Å². The van der Waals surface area contributed by atoms with E-state index in [1.165, 1.54) is 14.2 Å². The zero-order valence-corrected chi connectivity index (χ0v) is 18.8. The Labute approximate surface area is 183 Å². The summed E-state index contributed by atoms with van der Waals surface area (Å²) in [4.78, 5) is 24.2. The van der Waals surface area contributed by atoms with E-state index in [1.807, 2.05) is 19.1 Å². The lowest BCUT2D eigenvalue weighted by Crippen LogP contribution is -2.26. The number of benzene rings is 2. The summed E-state index contributed by atoms with van der Waals surface area (Å²) >= 11 is 3.37. The summed E-state index contributed by atoms with van der Waals surface area (Å²) in [5.74, 6) is 0.975. The van der Waals surface area contributed by atoms with E-state index in [0.717, 1.165) is 10.0 Å². The van der Waals surface area contributed by atoms with Crippen LogP contribution in [-0.2, 0) is 9.59 Å². The highest BCUT2D eigenvalue weighted by Crippen LogP contribution is 2.29. The Balaban J connectivity index is 1.85. The van der Waals surface area contributed by atoms with Gasteiger partial charge in [0.05, 0.1) is 26.3 Å². The van der Waals surface area contributed by atoms with Gasteiger partial charge in [0.15, 0.2) is 6.61 Å². The van der Waals surface area contributed by atoms with Gasteiger partial charge >= 0.3 is 0 Å². The van der Waals surface area contributed by atoms with E-state index in [0.29, 0.717) is 28.6 Å². The SMILES string of the molecule is COc1ccc(OC)c(NC(=O)C/C(C)=N/NC(=O)COc2ccc(Br)cc2C)c1. The van der Waals surface area contributed by atoms with E-state index in [-0.39, 0.29) is 18.9 Å². The highest BCUT2D eigenvalue weighted by molar-refractivity contribution is 9.10. The first kappa shape index (κ1) is 23.2. The van der Waals surface area contributed by atoms with Gasteiger partial charge in [-0.2, -0.15) is 5.10 Å². The molecule has 0 aliphatic rings. The molecule has 0 unspecified atom stereocenters. The average Bonchev–Trinajstić information content (AvgIpc) is 2.71. The standard InChI is InChI=1S/C21H24BrN3O5/c1-13-9-15(22)5-7-18(13)30-12-21(27)25-24-14(2)10-20(26)23-17-11-16(28-3)6-8-19(17)29-4/h5-9,11H,10,12H2,1-4H3,(H,23,26)(H,25,27)/b24-14+. The molecule has 30 heavy (non-hydrogen) atoms. The first-order valence-corrected chi connectivity index (χ1v) is 9.84. The molecule has 2 aromatic carbocycles. The molecule has 0 fully saturated rings. The van der Waals surface area contributed by atoms with Crippen LogP contribution in [-0.4, -0.2) is 38.4 Å². The van der Waals surface area contributed by atoms with Crippen LogP contribution in [0.15, 0.2) is 46.0 Å². The Morgan fingerprint density at radius 1 is 1.03 bits per heavy atom. The summed E-state index contributed by atoms with van der Waals surface area (Å²) in [5.41, 5.74) is 4.20. The van der Waals surface area contributed by atoms with Gasteiger partial charge in [0.1, 0.15) is 17.2 Å². The predicted octanol–water partition coefficient (Wildman–Crippen LogP) is 3.67. The van der Waals surface area contributed by atoms with Crippen LogP contribution < -0.4 is 25.0 Å². The van der Waals surface area contributed by atoms with E-state index >= 15 is 0 Å². The minimum absolute atomic E-state index is 0.00663. The zero-order chi connectivity index (χ0) is 22.1. The number of methoxy groups -OCH3 is 2. The lowest BCUT2D eigenvalue weighted by atomic mass is 10.2. The Bertz CT molecular complexity index is 946. The second kappa shape index (κ2) is 11.2. The topological polar surface area (TPSA) is 98.3 Å². The maximum Gasteiger partial charge on any atom is 0.277 e. The van der Waals surface area contributed by atoms with Gasteiger partial charge in [0.25, 0.3) is 5.91 Å². The summed E-state index contributed by atoms with van der Waals surface area (Å²) in [6, 6.07) is 10.6. The van der Waals surface area contributed by atoms with Gasteiger partial charge in [0.2, 0.25) is 5.91 Å². The van der Waals surface area contributed by atoms with Crippen molar-refractivity contribution in [2.75, 3.05) is 26.1 Å². The molecule has 2 aromatic rings. The number of ether oxygens (including phenoxy) is 3. The maximum atomic E-state index is 12.3. The van der Waals surface area contributed by atoms with Gasteiger partial charge in [-0.25, -0.2) is 5.43 Å². The molecule has 0 aromatic heterocycles. The molecule has 0 saturated heterocycles. The van der Waals surface area contributed by atoms with Crippen LogP contribution >= 0.6 is 15.9 Å². The first-order chi connectivity index (χ1) is 14.3. The number of nitrogens with zero attached hydrogens (tertiary/aromatic N) is 1. The number of aryl methyl sites for hydroxylation is 1. The highest BCUT2D eigenvalue weighted by Gasteiger charge is 2.11. The second-order valence-corrected chi connectivity index (χ2v) is 7.29. The van der Waals surface area contributed by atoms with E-state index in [2.05, 4.69) is 31.8 Å². The van der Waals surface area contributed by atoms with Gasteiger partial charge in [0, 0.05) is 16.3 Å². The maximum absolute atomic E-state index is 12.3. The Kier molecular flexibility index (Phi) is 8.67. The van der Waals surface area contributed by atoms with Crippen molar-refractivity contribution < 1.29 is 23.8 Å². The zero-order valence-electron chi connectivity index (χ0n) is 17.2. The summed E-state index contributed by atoms with van der Waals surface area (Å²) < 4.78 is 16.8. The molecule has 8 nitrogen and oxygen atoms in total. The number of hydrazone groups is 1. The van der Waals surface area contributed by atoms with Gasteiger partial charge in [-0.15, -0.1) is 0 Å².